The maximum absolute atomic E-state index is 11.8. The predicted molar refractivity (Wildman–Crippen MR) is 67.9 cm³/mol. The summed E-state index contributed by atoms with van der Waals surface area (Å²) in [5.74, 6) is 0.0931. The second-order valence-electron chi connectivity index (χ2n) is 4.02. The minimum atomic E-state index is 0.0931. The molecule has 3 nitrogen and oxygen atoms in total. The summed E-state index contributed by atoms with van der Waals surface area (Å²) >= 11 is 0. The van der Waals surface area contributed by atoms with Crippen molar-refractivity contribution in [3.8, 4) is 0 Å². The van der Waals surface area contributed by atoms with E-state index in [0.717, 1.165) is 17.8 Å². The number of anilines is 1. The number of hydrogen-bond donors (Lipinski definition) is 1. The van der Waals surface area contributed by atoms with Crippen LogP contribution >= 0.6 is 0 Å². The van der Waals surface area contributed by atoms with E-state index in [-0.39, 0.29) is 5.91 Å². The van der Waals surface area contributed by atoms with Crippen molar-refractivity contribution in [1.29, 1.82) is 0 Å². The molecule has 0 unspecified atom stereocenters. The molecule has 1 N–H and O–H groups in total. The molecule has 1 aromatic carbocycles. The van der Waals surface area contributed by atoms with E-state index in [0.29, 0.717) is 6.54 Å². The molecule has 0 spiro atoms. The van der Waals surface area contributed by atoms with Gasteiger partial charge in [-0.15, -0.1) is 0 Å². The SMILES string of the molecule is CCNCC(=O)N(C)c1cc(C)ccc1C. The zero-order chi connectivity index (χ0) is 12.1. The number of nitrogens with one attached hydrogen (secondary N) is 1. The molecule has 0 saturated carbocycles. The van der Waals surface area contributed by atoms with Gasteiger partial charge in [0.2, 0.25) is 5.91 Å². The highest BCUT2D eigenvalue weighted by molar-refractivity contribution is 5.95. The van der Waals surface area contributed by atoms with Crippen LogP contribution in [-0.2, 0) is 4.79 Å². The normalized spacial score (nSPS) is 10.2. The molecule has 0 aliphatic heterocycles. The van der Waals surface area contributed by atoms with E-state index >= 15 is 0 Å². The first-order valence-electron chi connectivity index (χ1n) is 5.60. The molecule has 1 rings (SSSR count). The molecule has 0 atom stereocenters. The molecule has 0 bridgehead atoms. The molecular formula is C13H20N2O. The summed E-state index contributed by atoms with van der Waals surface area (Å²) in [6, 6.07) is 6.14. The summed E-state index contributed by atoms with van der Waals surface area (Å²) in [6.45, 7) is 7.25. The maximum atomic E-state index is 11.8. The molecule has 1 aromatic rings. The van der Waals surface area contributed by atoms with Crippen molar-refractivity contribution in [3.05, 3.63) is 29.3 Å². The summed E-state index contributed by atoms with van der Waals surface area (Å²) in [4.78, 5) is 13.5. The lowest BCUT2D eigenvalue weighted by molar-refractivity contribution is -0.117. The third kappa shape index (κ3) is 3.07. The number of hydrogen-bond acceptors (Lipinski definition) is 2. The molecule has 0 aliphatic rings. The van der Waals surface area contributed by atoms with Gasteiger partial charge in [-0.1, -0.05) is 19.1 Å². The van der Waals surface area contributed by atoms with Crippen LogP contribution in [0.1, 0.15) is 18.1 Å². The lowest BCUT2D eigenvalue weighted by Crippen LogP contribution is -2.35. The Morgan fingerprint density at radius 2 is 2.06 bits per heavy atom. The van der Waals surface area contributed by atoms with Crippen molar-refractivity contribution in [2.75, 3.05) is 25.0 Å². The number of likely N-dealkylation sites (N-methyl/N-ethyl adjacent to an activating group) is 2. The largest absolute Gasteiger partial charge is 0.314 e. The highest BCUT2D eigenvalue weighted by Gasteiger charge is 2.12. The second-order valence-corrected chi connectivity index (χ2v) is 4.02. The molecule has 0 fully saturated rings. The van der Waals surface area contributed by atoms with Crippen molar-refractivity contribution in [1.82, 2.24) is 5.32 Å². The van der Waals surface area contributed by atoms with Gasteiger partial charge >= 0.3 is 0 Å². The van der Waals surface area contributed by atoms with Gasteiger partial charge in [0.15, 0.2) is 0 Å². The molecule has 1 amide bonds. The van der Waals surface area contributed by atoms with Crippen molar-refractivity contribution in [3.63, 3.8) is 0 Å². The molecule has 0 aliphatic carbocycles. The molecule has 16 heavy (non-hydrogen) atoms. The molecule has 0 radical (unpaired) electrons. The van der Waals surface area contributed by atoms with Crippen molar-refractivity contribution >= 4 is 11.6 Å². The van der Waals surface area contributed by atoms with Gasteiger partial charge < -0.3 is 10.2 Å². The van der Waals surface area contributed by atoms with Crippen LogP contribution in [0, 0.1) is 13.8 Å². The Morgan fingerprint density at radius 3 is 2.69 bits per heavy atom. The van der Waals surface area contributed by atoms with E-state index in [1.807, 2.05) is 40.0 Å². The van der Waals surface area contributed by atoms with Crippen LogP contribution in [0.3, 0.4) is 0 Å². The van der Waals surface area contributed by atoms with E-state index in [9.17, 15) is 4.79 Å². The van der Waals surface area contributed by atoms with E-state index in [1.54, 1.807) is 4.90 Å². The van der Waals surface area contributed by atoms with Gasteiger partial charge in [-0.2, -0.15) is 0 Å². The zero-order valence-corrected chi connectivity index (χ0v) is 10.5. The number of amides is 1. The number of rotatable bonds is 4. The number of nitrogens with zero attached hydrogens (tertiary/aromatic N) is 1. The van der Waals surface area contributed by atoms with E-state index < -0.39 is 0 Å². The number of carbonyl (C=O) groups excluding carboxylic acids is 1. The highest BCUT2D eigenvalue weighted by atomic mass is 16.2. The Morgan fingerprint density at radius 1 is 1.38 bits per heavy atom. The third-order valence-corrected chi connectivity index (χ3v) is 2.63. The molecule has 88 valence electrons. The second kappa shape index (κ2) is 5.66. The van der Waals surface area contributed by atoms with Crippen molar-refractivity contribution in [2.24, 2.45) is 0 Å². The maximum Gasteiger partial charge on any atom is 0.240 e. The van der Waals surface area contributed by atoms with Gasteiger partial charge in [0.05, 0.1) is 6.54 Å². The quantitative estimate of drug-likeness (QED) is 0.840. The average molecular weight is 220 g/mol. The molecule has 0 saturated heterocycles. The van der Waals surface area contributed by atoms with Gasteiger partial charge in [0.1, 0.15) is 0 Å². The summed E-state index contributed by atoms with van der Waals surface area (Å²) in [6.07, 6.45) is 0. The van der Waals surface area contributed by atoms with E-state index in [2.05, 4.69) is 11.4 Å². The van der Waals surface area contributed by atoms with Gasteiger partial charge in [0, 0.05) is 12.7 Å². The fourth-order valence-corrected chi connectivity index (χ4v) is 1.57. The van der Waals surface area contributed by atoms with Crippen LogP contribution < -0.4 is 10.2 Å². The fourth-order valence-electron chi connectivity index (χ4n) is 1.57. The molecular weight excluding hydrogens is 200 g/mol. The fraction of sp³-hybridized carbons (Fsp3) is 0.462. The first-order chi connectivity index (χ1) is 7.56. The minimum absolute atomic E-state index is 0.0931. The molecule has 0 aromatic heterocycles. The molecule has 0 heterocycles. The average Bonchev–Trinajstić information content (AvgIpc) is 2.28. The summed E-state index contributed by atoms with van der Waals surface area (Å²) in [5, 5.41) is 3.04. The Kier molecular flexibility index (Phi) is 4.50. The van der Waals surface area contributed by atoms with Crippen molar-refractivity contribution < 1.29 is 4.79 Å². The predicted octanol–water partition coefficient (Wildman–Crippen LogP) is 1.88. The summed E-state index contributed by atoms with van der Waals surface area (Å²) in [7, 11) is 1.82. The Hall–Kier alpha value is -1.35. The summed E-state index contributed by atoms with van der Waals surface area (Å²) < 4.78 is 0. The monoisotopic (exact) mass is 220 g/mol. The van der Waals surface area contributed by atoms with Gasteiger partial charge in [-0.05, 0) is 37.6 Å². The number of aryl methyl sites for hydroxylation is 2. The number of benzene rings is 1. The molecule has 3 heteroatoms. The Labute approximate surface area is 97.5 Å². The Balaban J connectivity index is 2.82. The topological polar surface area (TPSA) is 32.3 Å². The van der Waals surface area contributed by atoms with Crippen LogP contribution in [0.2, 0.25) is 0 Å². The highest BCUT2D eigenvalue weighted by Crippen LogP contribution is 2.20. The van der Waals surface area contributed by atoms with Crippen LogP contribution in [0.15, 0.2) is 18.2 Å². The van der Waals surface area contributed by atoms with Gasteiger partial charge in [0.25, 0.3) is 0 Å². The van der Waals surface area contributed by atoms with Gasteiger partial charge in [-0.3, -0.25) is 4.79 Å². The number of carbonyl (C=O) groups is 1. The van der Waals surface area contributed by atoms with Crippen LogP contribution in [0.4, 0.5) is 5.69 Å². The van der Waals surface area contributed by atoms with E-state index in [1.165, 1.54) is 5.56 Å². The standard InChI is InChI=1S/C13H20N2O/c1-5-14-9-13(16)15(4)12-8-10(2)6-7-11(12)3/h6-8,14H,5,9H2,1-4H3. The van der Waals surface area contributed by atoms with Crippen LogP contribution in [0.25, 0.3) is 0 Å². The lowest BCUT2D eigenvalue weighted by Gasteiger charge is -2.20. The first-order valence-corrected chi connectivity index (χ1v) is 5.60. The van der Waals surface area contributed by atoms with E-state index in [4.69, 9.17) is 0 Å². The van der Waals surface area contributed by atoms with Crippen molar-refractivity contribution in [2.45, 2.75) is 20.8 Å². The smallest absolute Gasteiger partial charge is 0.240 e. The van der Waals surface area contributed by atoms with Gasteiger partial charge in [-0.25, -0.2) is 0 Å². The Bertz CT molecular complexity index is 374. The first kappa shape index (κ1) is 12.7. The van der Waals surface area contributed by atoms with Crippen LogP contribution in [-0.4, -0.2) is 26.0 Å². The summed E-state index contributed by atoms with van der Waals surface area (Å²) in [5.41, 5.74) is 3.28. The van der Waals surface area contributed by atoms with Crippen LogP contribution in [0.5, 0.6) is 0 Å². The minimum Gasteiger partial charge on any atom is -0.314 e. The third-order valence-electron chi connectivity index (χ3n) is 2.63. The lowest BCUT2D eigenvalue weighted by atomic mass is 10.1. The zero-order valence-electron chi connectivity index (χ0n) is 10.5.